The highest BCUT2D eigenvalue weighted by Gasteiger charge is 2.08. The van der Waals surface area contributed by atoms with E-state index in [1.54, 1.807) is 12.1 Å². The lowest BCUT2D eigenvalue weighted by atomic mass is 10.0. The third-order valence-corrected chi connectivity index (χ3v) is 4.88. The summed E-state index contributed by atoms with van der Waals surface area (Å²) in [5.41, 5.74) is 4.56. The van der Waals surface area contributed by atoms with Crippen LogP contribution in [0.15, 0.2) is 30.5 Å². The Morgan fingerprint density at radius 3 is 2.52 bits per heavy atom. The van der Waals surface area contributed by atoms with Gasteiger partial charge in [-0.05, 0) is 69.2 Å². The van der Waals surface area contributed by atoms with Crippen LogP contribution in [-0.2, 0) is 19.3 Å². The Bertz CT molecular complexity index is 728. The van der Waals surface area contributed by atoms with E-state index in [0.717, 1.165) is 43.5 Å². The van der Waals surface area contributed by atoms with Crippen LogP contribution in [0.5, 0.6) is 0 Å². The maximum Gasteiger partial charge on any atom is 0.335 e. The van der Waals surface area contributed by atoms with Gasteiger partial charge in [-0.15, -0.1) is 0 Å². The van der Waals surface area contributed by atoms with E-state index >= 15 is 0 Å². The number of hydrogen-bond donors (Lipinski definition) is 1. The van der Waals surface area contributed by atoms with Gasteiger partial charge in [-0.3, -0.25) is 9.97 Å². The van der Waals surface area contributed by atoms with Gasteiger partial charge in [0.1, 0.15) is 0 Å². The lowest BCUT2D eigenvalue weighted by Crippen LogP contribution is -2.02. The van der Waals surface area contributed by atoms with E-state index in [1.165, 1.54) is 43.4 Å². The molecule has 2 rings (SSSR count). The monoisotopic (exact) mass is 368 g/mol. The van der Waals surface area contributed by atoms with E-state index in [0.29, 0.717) is 5.56 Å². The molecule has 0 fully saturated rings. The van der Waals surface area contributed by atoms with Crippen LogP contribution in [0.4, 0.5) is 0 Å². The van der Waals surface area contributed by atoms with Crippen LogP contribution in [0.25, 0.3) is 0 Å². The number of aromatic carboxylic acids is 1. The summed E-state index contributed by atoms with van der Waals surface area (Å²) in [5, 5.41) is 9.17. The van der Waals surface area contributed by atoms with Crippen molar-refractivity contribution in [3.8, 4) is 0 Å². The summed E-state index contributed by atoms with van der Waals surface area (Å²) in [6, 6.07) is 7.56. The molecule has 27 heavy (non-hydrogen) atoms. The quantitative estimate of drug-likeness (QED) is 0.498. The summed E-state index contributed by atoms with van der Waals surface area (Å²) in [7, 11) is 0. The number of unbranched alkanes of at least 4 members (excludes halogenated alkanes) is 5. The van der Waals surface area contributed by atoms with Gasteiger partial charge in [0.15, 0.2) is 0 Å². The first-order chi connectivity index (χ1) is 13.1. The second kappa shape index (κ2) is 11.5. The molecule has 0 atom stereocenters. The second-order valence-corrected chi connectivity index (χ2v) is 7.27. The van der Waals surface area contributed by atoms with Gasteiger partial charge in [-0.1, -0.05) is 38.7 Å². The van der Waals surface area contributed by atoms with E-state index < -0.39 is 5.97 Å². The topological polar surface area (TPSA) is 63.1 Å². The van der Waals surface area contributed by atoms with Crippen molar-refractivity contribution in [3.05, 3.63) is 58.7 Å². The molecule has 4 nitrogen and oxygen atoms in total. The van der Waals surface area contributed by atoms with Crippen LogP contribution < -0.4 is 0 Å². The van der Waals surface area contributed by atoms with Crippen molar-refractivity contribution in [2.45, 2.75) is 78.1 Å². The van der Waals surface area contributed by atoms with Crippen molar-refractivity contribution < 1.29 is 9.90 Å². The Hall–Kier alpha value is -2.23. The van der Waals surface area contributed by atoms with Gasteiger partial charge in [0.05, 0.1) is 5.56 Å². The summed E-state index contributed by atoms with van der Waals surface area (Å²) in [6.45, 7) is 4.09. The Balaban J connectivity index is 1.81. The number of pyridine rings is 2. The molecule has 0 aliphatic carbocycles. The van der Waals surface area contributed by atoms with Gasteiger partial charge >= 0.3 is 5.97 Å². The maximum atomic E-state index is 11.2. The maximum absolute atomic E-state index is 11.2. The molecule has 2 aromatic heterocycles. The van der Waals surface area contributed by atoms with Gasteiger partial charge in [0, 0.05) is 23.3 Å². The standard InChI is InChI=1S/C23H32N2O2/c1-3-4-5-6-7-11-19-12-10-15-24-22(19)14-9-8-13-21-17-20(23(26)27)16-18(2)25-21/h10,12,15-17H,3-9,11,13-14H2,1-2H3,(H,26,27). The average molecular weight is 369 g/mol. The Kier molecular flexibility index (Phi) is 8.96. The van der Waals surface area contributed by atoms with Crippen molar-refractivity contribution >= 4 is 5.97 Å². The van der Waals surface area contributed by atoms with E-state index in [-0.39, 0.29) is 0 Å². The minimum atomic E-state index is -0.890. The highest BCUT2D eigenvalue weighted by Crippen LogP contribution is 2.15. The van der Waals surface area contributed by atoms with Crippen molar-refractivity contribution in [1.82, 2.24) is 9.97 Å². The number of carboxylic acid groups (broad SMARTS) is 1. The van der Waals surface area contributed by atoms with Crippen LogP contribution in [0.3, 0.4) is 0 Å². The molecule has 2 aromatic rings. The fourth-order valence-corrected chi connectivity index (χ4v) is 3.43. The third-order valence-electron chi connectivity index (χ3n) is 4.88. The fraction of sp³-hybridized carbons (Fsp3) is 0.522. The Morgan fingerprint density at radius 1 is 1.00 bits per heavy atom. The van der Waals surface area contributed by atoms with Crippen molar-refractivity contribution in [2.75, 3.05) is 0 Å². The fourth-order valence-electron chi connectivity index (χ4n) is 3.43. The number of carboxylic acids is 1. The molecule has 0 unspecified atom stereocenters. The first-order valence-corrected chi connectivity index (χ1v) is 10.2. The average Bonchev–Trinajstić information content (AvgIpc) is 2.65. The minimum absolute atomic E-state index is 0.326. The zero-order valence-electron chi connectivity index (χ0n) is 16.7. The lowest BCUT2D eigenvalue weighted by Gasteiger charge is -2.09. The molecular weight excluding hydrogens is 336 g/mol. The van der Waals surface area contributed by atoms with E-state index in [2.05, 4.69) is 23.0 Å². The van der Waals surface area contributed by atoms with Crippen molar-refractivity contribution in [3.63, 3.8) is 0 Å². The highest BCUT2D eigenvalue weighted by atomic mass is 16.4. The zero-order valence-corrected chi connectivity index (χ0v) is 16.7. The summed E-state index contributed by atoms with van der Waals surface area (Å²) in [6.07, 6.45) is 13.3. The molecule has 146 valence electrons. The molecule has 0 saturated carbocycles. The number of carbonyl (C=O) groups is 1. The SMILES string of the molecule is CCCCCCCc1cccnc1CCCCc1cc(C(=O)O)cc(C)n1. The van der Waals surface area contributed by atoms with Crippen LogP contribution in [0.2, 0.25) is 0 Å². The van der Waals surface area contributed by atoms with Gasteiger partial charge in [-0.25, -0.2) is 4.79 Å². The van der Waals surface area contributed by atoms with Crippen LogP contribution in [-0.4, -0.2) is 21.0 Å². The number of nitrogens with zero attached hydrogens (tertiary/aromatic N) is 2. The molecule has 0 saturated heterocycles. The molecule has 2 heterocycles. The summed E-state index contributed by atoms with van der Waals surface area (Å²) in [4.78, 5) is 20.2. The van der Waals surface area contributed by atoms with Crippen LogP contribution in [0.1, 0.15) is 84.9 Å². The normalized spacial score (nSPS) is 10.9. The van der Waals surface area contributed by atoms with Gasteiger partial charge in [-0.2, -0.15) is 0 Å². The lowest BCUT2D eigenvalue weighted by molar-refractivity contribution is 0.0696. The molecule has 1 N–H and O–H groups in total. The molecule has 0 radical (unpaired) electrons. The summed E-state index contributed by atoms with van der Waals surface area (Å²) < 4.78 is 0. The van der Waals surface area contributed by atoms with Gasteiger partial charge in [0.2, 0.25) is 0 Å². The number of rotatable bonds is 12. The molecule has 4 heteroatoms. The minimum Gasteiger partial charge on any atom is -0.478 e. The molecule has 0 amide bonds. The molecule has 0 bridgehead atoms. The first-order valence-electron chi connectivity index (χ1n) is 10.2. The first kappa shape index (κ1) is 21.1. The molecule has 0 aromatic carbocycles. The van der Waals surface area contributed by atoms with Crippen molar-refractivity contribution in [1.29, 1.82) is 0 Å². The predicted molar refractivity (Wildman–Crippen MR) is 109 cm³/mol. The Morgan fingerprint density at radius 2 is 1.74 bits per heavy atom. The van der Waals surface area contributed by atoms with Crippen LogP contribution in [0, 0.1) is 6.92 Å². The summed E-state index contributed by atoms with van der Waals surface area (Å²) in [5.74, 6) is -0.890. The molecule has 0 spiro atoms. The largest absolute Gasteiger partial charge is 0.478 e. The zero-order chi connectivity index (χ0) is 19.5. The van der Waals surface area contributed by atoms with Crippen LogP contribution >= 0.6 is 0 Å². The smallest absolute Gasteiger partial charge is 0.335 e. The van der Waals surface area contributed by atoms with Crippen molar-refractivity contribution in [2.24, 2.45) is 0 Å². The van der Waals surface area contributed by atoms with Gasteiger partial charge in [0.25, 0.3) is 0 Å². The molecular formula is C23H32N2O2. The van der Waals surface area contributed by atoms with E-state index in [4.69, 9.17) is 5.11 Å². The van der Waals surface area contributed by atoms with Gasteiger partial charge < -0.3 is 5.11 Å². The summed E-state index contributed by atoms with van der Waals surface area (Å²) >= 11 is 0. The van der Waals surface area contributed by atoms with E-state index in [9.17, 15) is 4.79 Å². The second-order valence-electron chi connectivity index (χ2n) is 7.27. The molecule has 0 aliphatic rings. The Labute approximate surface area is 163 Å². The number of aromatic nitrogens is 2. The molecule has 0 aliphatic heterocycles. The number of aryl methyl sites for hydroxylation is 4. The highest BCUT2D eigenvalue weighted by molar-refractivity contribution is 5.87. The predicted octanol–water partition coefficient (Wildman–Crippen LogP) is 5.56. The van der Waals surface area contributed by atoms with E-state index in [1.807, 2.05) is 19.2 Å². The number of hydrogen-bond acceptors (Lipinski definition) is 3. The third kappa shape index (κ3) is 7.49.